The summed E-state index contributed by atoms with van der Waals surface area (Å²) in [5, 5.41) is 15.5. The molecule has 2 aliphatic rings. The van der Waals surface area contributed by atoms with Gasteiger partial charge < -0.3 is 20.3 Å². The lowest BCUT2D eigenvalue weighted by Gasteiger charge is -2.37. The van der Waals surface area contributed by atoms with Crippen LogP contribution in [0.3, 0.4) is 0 Å². The fraction of sp³-hybridized carbons (Fsp3) is 0.483. The third-order valence-electron chi connectivity index (χ3n) is 6.99. The number of carbonyl (C=O) groups is 3. The SMILES string of the molecule is CN1Cc2cc(-c3ccc(C[C@@H](C#N)NC(=O)C4(NC(=O)OC(C)(C)C)CCCCC4)cc3)cnc2C1=O. The van der Waals surface area contributed by atoms with Gasteiger partial charge in [0.1, 0.15) is 22.9 Å². The van der Waals surface area contributed by atoms with Gasteiger partial charge in [0, 0.05) is 37.3 Å². The first-order chi connectivity index (χ1) is 18.0. The number of benzene rings is 1. The Kier molecular flexibility index (Phi) is 7.72. The van der Waals surface area contributed by atoms with Gasteiger partial charge in [-0.15, -0.1) is 0 Å². The topological polar surface area (TPSA) is 124 Å². The lowest BCUT2D eigenvalue weighted by Crippen LogP contribution is -2.61. The standard InChI is InChI=1S/C29H35N5O4/c1-28(2,3)38-27(37)33-29(12-6-5-7-13-29)26(36)32-23(16-30)14-19-8-10-20(11-9-19)21-15-22-18-34(4)25(35)24(22)31-17-21/h8-11,15,17,23H,5-7,12-14,18H2,1-4H3,(H,32,36)(H,33,37)/t23-/m0/s1. The number of rotatable bonds is 6. The number of hydrogen-bond acceptors (Lipinski definition) is 6. The van der Waals surface area contributed by atoms with E-state index < -0.39 is 23.3 Å². The van der Waals surface area contributed by atoms with Crippen LogP contribution in [0.1, 0.15) is 74.5 Å². The van der Waals surface area contributed by atoms with Gasteiger partial charge in [0.15, 0.2) is 0 Å². The Hall–Kier alpha value is -3.93. The van der Waals surface area contributed by atoms with Gasteiger partial charge in [-0.05, 0) is 50.8 Å². The monoisotopic (exact) mass is 517 g/mol. The van der Waals surface area contributed by atoms with Crippen LogP contribution in [0.4, 0.5) is 4.79 Å². The molecule has 0 bridgehead atoms. The first kappa shape index (κ1) is 27.1. The minimum atomic E-state index is -1.09. The van der Waals surface area contributed by atoms with Gasteiger partial charge in [0.2, 0.25) is 5.91 Å². The zero-order valence-electron chi connectivity index (χ0n) is 22.5. The average Bonchev–Trinajstić information content (AvgIpc) is 3.15. The maximum Gasteiger partial charge on any atom is 0.408 e. The van der Waals surface area contributed by atoms with Gasteiger partial charge in [0.25, 0.3) is 5.91 Å². The number of nitrogens with zero attached hydrogens (tertiary/aromatic N) is 3. The Balaban J connectivity index is 1.42. The normalized spacial score (nSPS) is 17.2. The summed E-state index contributed by atoms with van der Waals surface area (Å²) in [6.07, 6.45) is 5.01. The molecule has 1 atom stereocenters. The van der Waals surface area contributed by atoms with Crippen LogP contribution in [-0.2, 0) is 22.5 Å². The van der Waals surface area contributed by atoms with Gasteiger partial charge in [-0.3, -0.25) is 14.6 Å². The third-order valence-corrected chi connectivity index (χ3v) is 6.99. The molecule has 2 heterocycles. The van der Waals surface area contributed by atoms with Crippen LogP contribution in [-0.4, -0.2) is 52.0 Å². The number of aromatic nitrogens is 1. The summed E-state index contributed by atoms with van der Waals surface area (Å²) in [6, 6.07) is 11.2. The molecule has 0 radical (unpaired) electrons. The molecular formula is C29H35N5O4. The second kappa shape index (κ2) is 10.8. The summed E-state index contributed by atoms with van der Waals surface area (Å²) in [5.74, 6) is -0.419. The van der Waals surface area contributed by atoms with E-state index in [1.165, 1.54) is 0 Å². The van der Waals surface area contributed by atoms with E-state index in [4.69, 9.17) is 4.74 Å². The van der Waals surface area contributed by atoms with Crippen LogP contribution >= 0.6 is 0 Å². The molecule has 9 heteroatoms. The number of hydrogen-bond donors (Lipinski definition) is 2. The molecule has 1 fully saturated rings. The van der Waals surface area contributed by atoms with Crippen molar-refractivity contribution in [3.05, 3.63) is 53.3 Å². The highest BCUT2D eigenvalue weighted by Crippen LogP contribution is 2.30. The van der Waals surface area contributed by atoms with Crippen molar-refractivity contribution in [2.75, 3.05) is 7.05 Å². The highest BCUT2D eigenvalue weighted by Gasteiger charge is 2.42. The van der Waals surface area contributed by atoms with E-state index >= 15 is 0 Å². The van der Waals surface area contributed by atoms with Crippen molar-refractivity contribution >= 4 is 17.9 Å². The molecule has 38 heavy (non-hydrogen) atoms. The number of ether oxygens (including phenoxy) is 1. The maximum absolute atomic E-state index is 13.4. The zero-order chi connectivity index (χ0) is 27.5. The zero-order valence-corrected chi connectivity index (χ0v) is 22.5. The van der Waals surface area contributed by atoms with Gasteiger partial charge >= 0.3 is 6.09 Å². The van der Waals surface area contributed by atoms with Crippen LogP contribution in [0, 0.1) is 11.3 Å². The first-order valence-corrected chi connectivity index (χ1v) is 13.1. The summed E-state index contributed by atoms with van der Waals surface area (Å²) >= 11 is 0. The van der Waals surface area contributed by atoms with Crippen molar-refractivity contribution in [3.63, 3.8) is 0 Å². The smallest absolute Gasteiger partial charge is 0.408 e. The third kappa shape index (κ3) is 6.13. The molecule has 0 spiro atoms. The van der Waals surface area contributed by atoms with Crippen LogP contribution < -0.4 is 10.6 Å². The average molecular weight is 518 g/mol. The molecule has 3 amide bonds. The van der Waals surface area contributed by atoms with Gasteiger partial charge in [0.05, 0.1) is 6.07 Å². The highest BCUT2D eigenvalue weighted by atomic mass is 16.6. The van der Waals surface area contributed by atoms with Crippen LogP contribution in [0.2, 0.25) is 0 Å². The first-order valence-electron chi connectivity index (χ1n) is 13.1. The number of amides is 3. The lowest BCUT2D eigenvalue weighted by molar-refractivity contribution is -0.129. The number of nitriles is 1. The molecule has 1 aliphatic heterocycles. The highest BCUT2D eigenvalue weighted by molar-refractivity contribution is 5.96. The second-order valence-corrected chi connectivity index (χ2v) is 11.2. The van der Waals surface area contributed by atoms with Crippen molar-refractivity contribution in [2.24, 2.45) is 0 Å². The summed E-state index contributed by atoms with van der Waals surface area (Å²) < 4.78 is 5.41. The molecule has 2 aromatic rings. The van der Waals surface area contributed by atoms with Crippen molar-refractivity contribution < 1.29 is 19.1 Å². The molecule has 9 nitrogen and oxygen atoms in total. The minimum Gasteiger partial charge on any atom is -0.444 e. The largest absolute Gasteiger partial charge is 0.444 e. The van der Waals surface area contributed by atoms with Crippen molar-refractivity contribution in [3.8, 4) is 17.2 Å². The summed E-state index contributed by atoms with van der Waals surface area (Å²) in [4.78, 5) is 44.0. The molecule has 200 valence electrons. The van der Waals surface area contributed by atoms with Crippen molar-refractivity contribution in [2.45, 2.75) is 83.0 Å². The molecule has 4 rings (SSSR count). The van der Waals surface area contributed by atoms with E-state index in [2.05, 4.69) is 21.7 Å². The molecule has 0 unspecified atom stereocenters. The summed E-state index contributed by atoms with van der Waals surface area (Å²) in [6.45, 7) is 5.87. The number of carbonyl (C=O) groups excluding carboxylic acids is 3. The summed E-state index contributed by atoms with van der Waals surface area (Å²) in [5.41, 5.74) is 2.39. The van der Waals surface area contributed by atoms with E-state index in [1.807, 2.05) is 30.3 Å². The predicted molar refractivity (Wildman–Crippen MR) is 142 cm³/mol. The molecular weight excluding hydrogens is 482 g/mol. The quantitative estimate of drug-likeness (QED) is 0.594. The van der Waals surface area contributed by atoms with E-state index in [-0.39, 0.29) is 11.8 Å². The fourth-order valence-corrected chi connectivity index (χ4v) is 5.05. The Bertz CT molecular complexity index is 1250. The maximum atomic E-state index is 13.4. The van der Waals surface area contributed by atoms with E-state index in [9.17, 15) is 19.6 Å². The van der Waals surface area contributed by atoms with Gasteiger partial charge in [-0.2, -0.15) is 5.26 Å². The Labute approximate surface area is 223 Å². The van der Waals surface area contributed by atoms with Gasteiger partial charge in [-0.1, -0.05) is 43.5 Å². The second-order valence-electron chi connectivity index (χ2n) is 11.2. The number of nitrogens with one attached hydrogen (secondary N) is 2. The van der Waals surface area contributed by atoms with Crippen molar-refractivity contribution in [1.29, 1.82) is 5.26 Å². The lowest BCUT2D eigenvalue weighted by atomic mass is 9.80. The number of pyridine rings is 1. The molecule has 0 saturated heterocycles. The van der Waals surface area contributed by atoms with Crippen LogP contribution in [0.25, 0.3) is 11.1 Å². The van der Waals surface area contributed by atoms with E-state index in [0.29, 0.717) is 31.5 Å². The van der Waals surface area contributed by atoms with E-state index in [0.717, 1.165) is 41.5 Å². The number of fused-ring (bicyclic) bond motifs is 1. The van der Waals surface area contributed by atoms with Gasteiger partial charge in [-0.25, -0.2) is 4.79 Å². The molecule has 2 N–H and O–H groups in total. The molecule has 1 saturated carbocycles. The van der Waals surface area contributed by atoms with E-state index in [1.54, 1.807) is 38.9 Å². The van der Waals surface area contributed by atoms with Crippen LogP contribution in [0.15, 0.2) is 36.5 Å². The molecule has 1 aliphatic carbocycles. The predicted octanol–water partition coefficient (Wildman–Crippen LogP) is 4.11. The Morgan fingerprint density at radius 1 is 1.16 bits per heavy atom. The Morgan fingerprint density at radius 3 is 2.47 bits per heavy atom. The van der Waals surface area contributed by atoms with Crippen LogP contribution in [0.5, 0.6) is 0 Å². The summed E-state index contributed by atoms with van der Waals surface area (Å²) in [7, 11) is 1.76. The van der Waals surface area contributed by atoms with Crippen molar-refractivity contribution in [1.82, 2.24) is 20.5 Å². The molecule has 1 aromatic carbocycles. The number of alkyl carbamates (subject to hydrolysis) is 1. The fourth-order valence-electron chi connectivity index (χ4n) is 5.05. The minimum absolute atomic E-state index is 0.0669. The molecule has 1 aromatic heterocycles. The Morgan fingerprint density at radius 2 is 1.84 bits per heavy atom.